The molecule has 0 spiro atoms. The number of nitrogens with zero attached hydrogens (tertiary/aromatic N) is 1. The summed E-state index contributed by atoms with van der Waals surface area (Å²) in [7, 11) is 1.47. The maximum Gasteiger partial charge on any atom is 0.405 e. The van der Waals surface area contributed by atoms with Gasteiger partial charge in [-0.1, -0.05) is 32.9 Å². The topological polar surface area (TPSA) is 3.24 Å². The van der Waals surface area contributed by atoms with Crippen LogP contribution >= 0.6 is 0 Å². The molecule has 1 nitrogen and oxygen atoms in total. The van der Waals surface area contributed by atoms with E-state index in [1.165, 1.54) is 11.9 Å². The van der Waals surface area contributed by atoms with Crippen molar-refractivity contribution < 1.29 is 13.2 Å². The average Bonchev–Trinajstić information content (AvgIpc) is 2.13. The summed E-state index contributed by atoms with van der Waals surface area (Å²) < 4.78 is 37.2. The third kappa shape index (κ3) is 3.93. The standard InChI is InChI=1S/C14H20F3N/c1-10-6-7-11(13(2,3)4)8-12(10)18(5)9-14(15,16)17/h6-8H,9H2,1-5H3. The third-order valence-corrected chi connectivity index (χ3v) is 2.90. The minimum Gasteiger partial charge on any atom is -0.365 e. The first-order valence-electron chi connectivity index (χ1n) is 5.90. The molecule has 0 aliphatic rings. The van der Waals surface area contributed by atoms with Gasteiger partial charge < -0.3 is 4.90 Å². The van der Waals surface area contributed by atoms with Crippen LogP contribution < -0.4 is 4.90 Å². The van der Waals surface area contributed by atoms with Crippen molar-refractivity contribution in [3.8, 4) is 0 Å². The molecule has 1 rings (SSSR count). The van der Waals surface area contributed by atoms with Crippen LogP contribution in [0.2, 0.25) is 0 Å². The van der Waals surface area contributed by atoms with Crippen LogP contribution in [0.4, 0.5) is 18.9 Å². The highest BCUT2D eigenvalue weighted by atomic mass is 19.4. The van der Waals surface area contributed by atoms with Gasteiger partial charge in [0, 0.05) is 12.7 Å². The quantitative estimate of drug-likeness (QED) is 0.765. The van der Waals surface area contributed by atoms with Gasteiger partial charge in [0.2, 0.25) is 0 Å². The summed E-state index contributed by atoms with van der Waals surface area (Å²) in [5.74, 6) is 0. The van der Waals surface area contributed by atoms with Gasteiger partial charge in [-0.2, -0.15) is 13.2 Å². The predicted octanol–water partition coefficient (Wildman–Crippen LogP) is 4.29. The van der Waals surface area contributed by atoms with Gasteiger partial charge in [0.15, 0.2) is 0 Å². The Labute approximate surface area is 107 Å². The molecule has 0 aromatic heterocycles. The highest BCUT2D eigenvalue weighted by Crippen LogP contribution is 2.30. The van der Waals surface area contributed by atoms with Gasteiger partial charge in [-0.25, -0.2) is 0 Å². The Balaban J connectivity index is 3.08. The lowest BCUT2D eigenvalue weighted by Gasteiger charge is -2.26. The van der Waals surface area contributed by atoms with Crippen molar-refractivity contribution in [1.29, 1.82) is 0 Å². The zero-order valence-electron chi connectivity index (χ0n) is 11.5. The molecule has 0 unspecified atom stereocenters. The molecule has 0 radical (unpaired) electrons. The molecule has 1 aromatic carbocycles. The van der Waals surface area contributed by atoms with Crippen molar-refractivity contribution >= 4 is 5.69 Å². The van der Waals surface area contributed by atoms with Crippen LogP contribution in [0.3, 0.4) is 0 Å². The molecule has 102 valence electrons. The van der Waals surface area contributed by atoms with Crippen LogP contribution in [0.15, 0.2) is 18.2 Å². The average molecular weight is 259 g/mol. The van der Waals surface area contributed by atoms with Gasteiger partial charge in [0.25, 0.3) is 0 Å². The van der Waals surface area contributed by atoms with Gasteiger partial charge in [0.05, 0.1) is 0 Å². The van der Waals surface area contributed by atoms with E-state index in [1.54, 1.807) is 0 Å². The lowest BCUT2D eigenvalue weighted by molar-refractivity contribution is -0.119. The van der Waals surface area contributed by atoms with E-state index < -0.39 is 12.7 Å². The number of hydrogen-bond acceptors (Lipinski definition) is 1. The van der Waals surface area contributed by atoms with E-state index in [0.29, 0.717) is 5.69 Å². The second kappa shape index (κ2) is 4.82. The molecule has 0 atom stereocenters. The van der Waals surface area contributed by atoms with E-state index in [4.69, 9.17) is 0 Å². The molecule has 1 aromatic rings. The number of alkyl halides is 3. The minimum absolute atomic E-state index is 0.0679. The molecule has 0 fully saturated rings. The Morgan fingerprint density at radius 2 is 1.67 bits per heavy atom. The van der Waals surface area contributed by atoms with Crippen LogP contribution in [0.5, 0.6) is 0 Å². The van der Waals surface area contributed by atoms with Crippen LogP contribution in [-0.2, 0) is 5.41 Å². The van der Waals surface area contributed by atoms with Gasteiger partial charge >= 0.3 is 6.18 Å². The Morgan fingerprint density at radius 3 is 2.11 bits per heavy atom. The van der Waals surface area contributed by atoms with Crippen LogP contribution in [0, 0.1) is 6.92 Å². The summed E-state index contributed by atoms with van der Waals surface area (Å²) in [6.07, 6.45) is -4.18. The maximum atomic E-state index is 12.4. The molecule has 4 heteroatoms. The van der Waals surface area contributed by atoms with E-state index in [9.17, 15) is 13.2 Å². The molecule has 0 saturated carbocycles. The van der Waals surface area contributed by atoms with Crippen molar-refractivity contribution in [1.82, 2.24) is 0 Å². The SMILES string of the molecule is Cc1ccc(C(C)(C)C)cc1N(C)CC(F)(F)F. The number of hydrogen-bond donors (Lipinski definition) is 0. The van der Waals surface area contributed by atoms with E-state index in [-0.39, 0.29) is 5.41 Å². The number of benzene rings is 1. The van der Waals surface area contributed by atoms with Crippen molar-refractivity contribution in [3.63, 3.8) is 0 Å². The van der Waals surface area contributed by atoms with Crippen molar-refractivity contribution in [2.45, 2.75) is 39.3 Å². The number of rotatable bonds is 2. The summed E-state index contributed by atoms with van der Waals surface area (Å²) in [4.78, 5) is 1.25. The molecule has 0 aliphatic heterocycles. The monoisotopic (exact) mass is 259 g/mol. The fourth-order valence-corrected chi connectivity index (χ4v) is 1.84. The van der Waals surface area contributed by atoms with Gasteiger partial charge in [-0.15, -0.1) is 0 Å². The van der Waals surface area contributed by atoms with Gasteiger partial charge in [-0.05, 0) is 29.5 Å². The molecule has 0 amide bonds. The molecule has 0 saturated heterocycles. The summed E-state index contributed by atoms with van der Waals surface area (Å²) in [5, 5.41) is 0. The first-order chi connectivity index (χ1) is 8.00. The number of anilines is 1. The number of halogens is 3. The van der Waals surface area contributed by atoms with Crippen molar-refractivity contribution in [2.75, 3.05) is 18.5 Å². The summed E-state index contributed by atoms with van der Waals surface area (Å²) in [5.41, 5.74) is 2.47. The Morgan fingerprint density at radius 1 is 1.11 bits per heavy atom. The summed E-state index contributed by atoms with van der Waals surface area (Å²) in [6, 6.07) is 5.70. The summed E-state index contributed by atoms with van der Waals surface area (Å²) in [6.45, 7) is 7.04. The van der Waals surface area contributed by atoms with E-state index >= 15 is 0 Å². The largest absolute Gasteiger partial charge is 0.405 e. The highest BCUT2D eigenvalue weighted by molar-refractivity contribution is 5.55. The Kier molecular flexibility index (Phi) is 3.99. The molecule has 0 aliphatic carbocycles. The normalized spacial score (nSPS) is 12.7. The fourth-order valence-electron chi connectivity index (χ4n) is 1.84. The molecular weight excluding hydrogens is 239 g/mol. The lowest BCUT2D eigenvalue weighted by Crippen LogP contribution is -2.31. The molecule has 0 bridgehead atoms. The van der Waals surface area contributed by atoms with Crippen LogP contribution in [0.1, 0.15) is 31.9 Å². The zero-order chi connectivity index (χ0) is 14.1. The smallest absolute Gasteiger partial charge is 0.365 e. The lowest BCUT2D eigenvalue weighted by atomic mass is 9.86. The van der Waals surface area contributed by atoms with E-state index in [0.717, 1.165) is 11.1 Å². The second-order valence-electron chi connectivity index (χ2n) is 5.72. The van der Waals surface area contributed by atoms with Crippen molar-refractivity contribution in [2.24, 2.45) is 0 Å². The molecular formula is C14H20F3N. The Hall–Kier alpha value is -1.19. The minimum atomic E-state index is -4.18. The molecule has 0 heterocycles. The van der Waals surface area contributed by atoms with Crippen molar-refractivity contribution in [3.05, 3.63) is 29.3 Å². The summed E-state index contributed by atoms with van der Waals surface area (Å²) >= 11 is 0. The Bertz CT molecular complexity index is 416. The first kappa shape index (κ1) is 14.9. The fraction of sp³-hybridized carbons (Fsp3) is 0.571. The second-order valence-corrected chi connectivity index (χ2v) is 5.72. The first-order valence-corrected chi connectivity index (χ1v) is 5.90. The predicted molar refractivity (Wildman–Crippen MR) is 69.2 cm³/mol. The van der Waals surface area contributed by atoms with E-state index in [2.05, 4.69) is 0 Å². The highest BCUT2D eigenvalue weighted by Gasteiger charge is 2.30. The molecule has 0 N–H and O–H groups in total. The van der Waals surface area contributed by atoms with Gasteiger partial charge in [0.1, 0.15) is 6.54 Å². The van der Waals surface area contributed by atoms with Crippen LogP contribution in [-0.4, -0.2) is 19.8 Å². The maximum absolute atomic E-state index is 12.4. The van der Waals surface area contributed by atoms with Gasteiger partial charge in [-0.3, -0.25) is 0 Å². The van der Waals surface area contributed by atoms with E-state index in [1.807, 2.05) is 45.9 Å². The zero-order valence-corrected chi connectivity index (χ0v) is 11.5. The number of aryl methyl sites for hydroxylation is 1. The van der Waals surface area contributed by atoms with Crippen LogP contribution in [0.25, 0.3) is 0 Å². The third-order valence-electron chi connectivity index (χ3n) is 2.90. The molecule has 18 heavy (non-hydrogen) atoms.